The Kier molecular flexibility index (Phi) is 4.47. The van der Waals surface area contributed by atoms with Crippen molar-refractivity contribution in [2.24, 2.45) is 11.8 Å². The van der Waals surface area contributed by atoms with Crippen molar-refractivity contribution in [1.29, 1.82) is 0 Å². The van der Waals surface area contributed by atoms with E-state index < -0.39 is 0 Å². The highest BCUT2D eigenvalue weighted by Gasteiger charge is 2.28. The molecule has 1 atom stereocenters. The molecule has 0 saturated carbocycles. The number of pyridine rings is 1. The van der Waals surface area contributed by atoms with Gasteiger partial charge in [0.1, 0.15) is 5.82 Å². The van der Waals surface area contributed by atoms with Crippen LogP contribution in [0.3, 0.4) is 0 Å². The number of anilines is 1. The third-order valence-electron chi connectivity index (χ3n) is 5.39. The summed E-state index contributed by atoms with van der Waals surface area (Å²) in [5.41, 5.74) is 0.877. The van der Waals surface area contributed by atoms with Crippen LogP contribution in [0.2, 0.25) is 0 Å². The van der Waals surface area contributed by atoms with Crippen molar-refractivity contribution in [3.8, 4) is 11.5 Å². The van der Waals surface area contributed by atoms with Crippen LogP contribution in [-0.2, 0) is 0 Å². The zero-order valence-electron chi connectivity index (χ0n) is 14.2. The Morgan fingerprint density at radius 1 is 1.17 bits per heavy atom. The average molecular weight is 327 g/mol. The van der Waals surface area contributed by atoms with Crippen LogP contribution in [0.4, 0.5) is 5.82 Å². The lowest BCUT2D eigenvalue weighted by Gasteiger charge is -2.38. The summed E-state index contributed by atoms with van der Waals surface area (Å²) in [4.78, 5) is 11.3. The number of hydrogen-bond donors (Lipinski definition) is 1. The normalized spacial score (nSPS) is 22.7. The number of hydrogen-bond acceptors (Lipinski definition) is 6. The third kappa shape index (κ3) is 3.29. The van der Waals surface area contributed by atoms with E-state index in [4.69, 9.17) is 4.52 Å². The molecule has 1 unspecified atom stereocenters. The van der Waals surface area contributed by atoms with Crippen LogP contribution in [0.5, 0.6) is 0 Å². The first kappa shape index (κ1) is 15.6. The minimum absolute atomic E-state index is 0.537. The molecular formula is C18H25N5O. The van der Waals surface area contributed by atoms with Crippen molar-refractivity contribution < 1.29 is 4.52 Å². The fourth-order valence-electron chi connectivity index (χ4n) is 4.00. The summed E-state index contributed by atoms with van der Waals surface area (Å²) in [6, 6.07) is 4.09. The second-order valence-electron chi connectivity index (χ2n) is 6.98. The quantitative estimate of drug-likeness (QED) is 0.935. The van der Waals surface area contributed by atoms with Gasteiger partial charge in [-0.3, -0.25) is 0 Å². The SMILES string of the molecule is Cc1noc(-c2ccc(N3CCC(C4CCCNC4)CC3)nc2)n1. The molecule has 6 heteroatoms. The molecule has 6 nitrogen and oxygen atoms in total. The van der Waals surface area contributed by atoms with E-state index >= 15 is 0 Å². The Hall–Kier alpha value is -1.95. The van der Waals surface area contributed by atoms with Gasteiger partial charge in [-0.05, 0) is 69.7 Å². The Labute approximate surface area is 142 Å². The molecule has 1 N–H and O–H groups in total. The minimum Gasteiger partial charge on any atom is -0.357 e. The van der Waals surface area contributed by atoms with Gasteiger partial charge in [0.2, 0.25) is 0 Å². The Balaban J connectivity index is 1.37. The van der Waals surface area contributed by atoms with E-state index in [1.54, 1.807) is 0 Å². The fourth-order valence-corrected chi connectivity index (χ4v) is 4.00. The average Bonchev–Trinajstić information content (AvgIpc) is 3.09. The highest BCUT2D eigenvalue weighted by atomic mass is 16.5. The van der Waals surface area contributed by atoms with E-state index in [9.17, 15) is 0 Å². The molecule has 2 aromatic rings. The van der Waals surface area contributed by atoms with Crippen LogP contribution in [0, 0.1) is 18.8 Å². The maximum Gasteiger partial charge on any atom is 0.259 e. The molecule has 0 radical (unpaired) electrons. The first-order valence-electron chi connectivity index (χ1n) is 9.02. The van der Waals surface area contributed by atoms with Gasteiger partial charge >= 0.3 is 0 Å². The van der Waals surface area contributed by atoms with Crippen molar-refractivity contribution >= 4 is 5.82 Å². The second-order valence-corrected chi connectivity index (χ2v) is 6.98. The lowest BCUT2D eigenvalue weighted by atomic mass is 9.80. The predicted octanol–water partition coefficient (Wildman–Crippen LogP) is 2.66. The van der Waals surface area contributed by atoms with Gasteiger partial charge in [0.15, 0.2) is 5.82 Å². The first-order valence-corrected chi connectivity index (χ1v) is 9.02. The number of piperidine rings is 2. The smallest absolute Gasteiger partial charge is 0.259 e. The molecule has 0 amide bonds. The molecule has 4 rings (SSSR count). The van der Waals surface area contributed by atoms with Gasteiger partial charge in [0, 0.05) is 19.3 Å². The van der Waals surface area contributed by atoms with Crippen LogP contribution in [-0.4, -0.2) is 41.3 Å². The van der Waals surface area contributed by atoms with E-state index in [-0.39, 0.29) is 0 Å². The van der Waals surface area contributed by atoms with Crippen molar-refractivity contribution in [3.63, 3.8) is 0 Å². The number of nitrogens with zero attached hydrogens (tertiary/aromatic N) is 4. The van der Waals surface area contributed by atoms with Crippen molar-refractivity contribution in [2.45, 2.75) is 32.6 Å². The number of aromatic nitrogens is 3. The van der Waals surface area contributed by atoms with Gasteiger partial charge in [-0.1, -0.05) is 5.16 Å². The molecule has 2 fully saturated rings. The van der Waals surface area contributed by atoms with Crippen molar-refractivity contribution in [1.82, 2.24) is 20.4 Å². The highest BCUT2D eigenvalue weighted by Crippen LogP contribution is 2.31. The van der Waals surface area contributed by atoms with Gasteiger partial charge < -0.3 is 14.7 Å². The maximum atomic E-state index is 5.20. The molecule has 0 spiro atoms. The Morgan fingerprint density at radius 2 is 2.04 bits per heavy atom. The van der Waals surface area contributed by atoms with Crippen LogP contribution in [0.1, 0.15) is 31.5 Å². The van der Waals surface area contributed by atoms with Gasteiger partial charge in [0.25, 0.3) is 5.89 Å². The van der Waals surface area contributed by atoms with E-state index in [1.165, 1.54) is 38.8 Å². The summed E-state index contributed by atoms with van der Waals surface area (Å²) in [6.45, 7) is 6.44. The molecule has 0 aromatic carbocycles. The van der Waals surface area contributed by atoms with E-state index in [2.05, 4.69) is 31.4 Å². The summed E-state index contributed by atoms with van der Waals surface area (Å²) >= 11 is 0. The largest absolute Gasteiger partial charge is 0.357 e. The van der Waals surface area contributed by atoms with Crippen molar-refractivity contribution in [2.75, 3.05) is 31.1 Å². The Morgan fingerprint density at radius 3 is 2.67 bits per heavy atom. The molecule has 2 aliphatic rings. The summed E-state index contributed by atoms with van der Waals surface area (Å²) < 4.78 is 5.20. The molecule has 2 aliphatic heterocycles. The van der Waals surface area contributed by atoms with Gasteiger partial charge in [-0.15, -0.1) is 0 Å². The molecular weight excluding hydrogens is 302 g/mol. The van der Waals surface area contributed by atoms with Crippen LogP contribution < -0.4 is 10.2 Å². The molecule has 2 aromatic heterocycles. The molecule has 24 heavy (non-hydrogen) atoms. The molecule has 2 saturated heterocycles. The molecule has 0 aliphatic carbocycles. The fraction of sp³-hybridized carbons (Fsp3) is 0.611. The second kappa shape index (κ2) is 6.89. The van der Waals surface area contributed by atoms with Gasteiger partial charge in [-0.25, -0.2) is 4.98 Å². The van der Waals surface area contributed by atoms with Crippen LogP contribution >= 0.6 is 0 Å². The van der Waals surface area contributed by atoms with Gasteiger partial charge in [0.05, 0.1) is 5.56 Å². The number of aryl methyl sites for hydroxylation is 1. The van der Waals surface area contributed by atoms with Crippen molar-refractivity contribution in [3.05, 3.63) is 24.2 Å². The topological polar surface area (TPSA) is 67.1 Å². The molecule has 4 heterocycles. The molecule has 0 bridgehead atoms. The monoisotopic (exact) mass is 327 g/mol. The maximum absolute atomic E-state index is 5.20. The van der Waals surface area contributed by atoms with E-state index in [1.807, 2.05) is 19.2 Å². The van der Waals surface area contributed by atoms with E-state index in [0.717, 1.165) is 36.3 Å². The summed E-state index contributed by atoms with van der Waals surface area (Å²) in [5.74, 6) is 3.98. The Bertz CT molecular complexity index is 654. The number of rotatable bonds is 3. The third-order valence-corrected chi connectivity index (χ3v) is 5.39. The summed E-state index contributed by atoms with van der Waals surface area (Å²) in [7, 11) is 0. The zero-order chi connectivity index (χ0) is 16.4. The van der Waals surface area contributed by atoms with Crippen LogP contribution in [0.25, 0.3) is 11.5 Å². The lowest BCUT2D eigenvalue weighted by molar-refractivity contribution is 0.226. The minimum atomic E-state index is 0.537. The van der Waals surface area contributed by atoms with Gasteiger partial charge in [-0.2, -0.15) is 4.98 Å². The predicted molar refractivity (Wildman–Crippen MR) is 92.8 cm³/mol. The zero-order valence-corrected chi connectivity index (χ0v) is 14.2. The summed E-state index contributed by atoms with van der Waals surface area (Å²) in [6.07, 6.45) is 7.12. The van der Waals surface area contributed by atoms with Crippen LogP contribution in [0.15, 0.2) is 22.9 Å². The standard InChI is InChI=1S/C18H25N5O/c1-13-21-18(24-22-13)16-4-5-17(20-12-16)23-9-6-14(7-10-23)15-3-2-8-19-11-15/h4-5,12,14-15,19H,2-3,6-11H2,1H3. The lowest BCUT2D eigenvalue weighted by Crippen LogP contribution is -2.41. The first-order chi connectivity index (χ1) is 11.8. The number of nitrogens with one attached hydrogen (secondary N) is 1. The highest BCUT2D eigenvalue weighted by molar-refractivity contribution is 5.54. The summed E-state index contributed by atoms with van der Waals surface area (Å²) in [5, 5.41) is 7.38. The molecule has 128 valence electrons. The van der Waals surface area contributed by atoms with E-state index in [0.29, 0.717) is 11.7 Å².